The highest BCUT2D eigenvalue weighted by atomic mass is 79.9. The van der Waals surface area contributed by atoms with Crippen LogP contribution < -0.4 is 4.74 Å². The van der Waals surface area contributed by atoms with E-state index in [1.165, 1.54) is 0 Å². The van der Waals surface area contributed by atoms with Crippen LogP contribution in [0.4, 0.5) is 0 Å². The summed E-state index contributed by atoms with van der Waals surface area (Å²) in [5.74, 6) is 1.38. The number of rotatable bonds is 2. The van der Waals surface area contributed by atoms with Gasteiger partial charge in [-0.15, -0.1) is 0 Å². The van der Waals surface area contributed by atoms with Gasteiger partial charge in [-0.05, 0) is 130 Å². The molecule has 0 radical (unpaired) electrons. The Hall–Kier alpha value is 1.60. The SMILES string of the molecule is Brc1ccc(Oc2c(Br)c(Br)cc(Br)c2Br)c(Br)c1Br. The van der Waals surface area contributed by atoms with Gasteiger partial charge in [0.1, 0.15) is 5.75 Å². The first-order valence-electron chi connectivity index (χ1n) is 4.97. The van der Waals surface area contributed by atoms with Crippen molar-refractivity contribution in [1.82, 2.24) is 0 Å². The fourth-order valence-corrected chi connectivity index (χ4v) is 4.87. The molecule has 20 heavy (non-hydrogen) atoms. The van der Waals surface area contributed by atoms with Gasteiger partial charge >= 0.3 is 0 Å². The van der Waals surface area contributed by atoms with Gasteiger partial charge in [0.05, 0.1) is 13.4 Å². The fourth-order valence-electron chi connectivity index (χ4n) is 1.34. The molecule has 1 nitrogen and oxygen atoms in total. The van der Waals surface area contributed by atoms with Crippen molar-refractivity contribution in [2.24, 2.45) is 0 Å². The Bertz CT molecular complexity index is 658. The quantitative estimate of drug-likeness (QED) is 0.223. The molecule has 2 aromatic carbocycles. The predicted octanol–water partition coefficient (Wildman–Crippen LogP) is 8.82. The fraction of sp³-hybridized carbons (Fsp3) is 0. The van der Waals surface area contributed by atoms with Crippen LogP contribution in [-0.2, 0) is 0 Å². The van der Waals surface area contributed by atoms with Crippen molar-refractivity contribution in [3.05, 3.63) is 49.5 Å². The first kappa shape index (κ1) is 17.9. The molecule has 0 heterocycles. The maximum atomic E-state index is 6.02. The van der Waals surface area contributed by atoms with Gasteiger partial charge < -0.3 is 4.74 Å². The molecule has 0 aliphatic rings. The zero-order valence-electron chi connectivity index (χ0n) is 9.29. The van der Waals surface area contributed by atoms with E-state index < -0.39 is 0 Å². The van der Waals surface area contributed by atoms with Gasteiger partial charge in [-0.3, -0.25) is 0 Å². The Morgan fingerprint density at radius 1 is 0.600 bits per heavy atom. The molecule has 0 atom stereocenters. The highest BCUT2D eigenvalue weighted by Gasteiger charge is 2.17. The molecule has 0 saturated carbocycles. The molecule has 0 spiro atoms. The topological polar surface area (TPSA) is 9.23 Å². The summed E-state index contributed by atoms with van der Waals surface area (Å²) >= 11 is 24.5. The summed E-state index contributed by atoms with van der Waals surface area (Å²) in [5.41, 5.74) is 0. The van der Waals surface area contributed by atoms with Crippen LogP contribution in [0.5, 0.6) is 11.5 Å². The molecule has 2 aromatic rings. The second-order valence-electron chi connectivity index (χ2n) is 3.57. The van der Waals surface area contributed by atoms with E-state index >= 15 is 0 Å². The largest absolute Gasteiger partial charge is 0.454 e. The van der Waals surface area contributed by atoms with Gasteiger partial charge in [0, 0.05) is 17.9 Å². The number of hydrogen-bond donors (Lipinski definition) is 0. The Morgan fingerprint density at radius 2 is 1.15 bits per heavy atom. The number of ether oxygens (including phenoxy) is 1. The summed E-state index contributed by atoms with van der Waals surface area (Å²) in [7, 11) is 0. The second kappa shape index (κ2) is 7.45. The van der Waals surface area contributed by atoms with Crippen LogP contribution in [0, 0.1) is 0 Å². The third kappa shape index (κ3) is 3.74. The molecule has 2 rings (SSSR count). The number of hydrogen-bond acceptors (Lipinski definition) is 1. The molecule has 0 N–H and O–H groups in total. The lowest BCUT2D eigenvalue weighted by molar-refractivity contribution is 0.472. The van der Waals surface area contributed by atoms with Crippen LogP contribution in [0.1, 0.15) is 0 Å². The van der Waals surface area contributed by atoms with Crippen molar-refractivity contribution >= 4 is 112 Å². The zero-order chi connectivity index (χ0) is 15.0. The van der Waals surface area contributed by atoms with Crippen molar-refractivity contribution in [2.75, 3.05) is 0 Å². The van der Waals surface area contributed by atoms with E-state index in [9.17, 15) is 0 Å². The molecular weight excluding hydrogens is 719 g/mol. The highest BCUT2D eigenvalue weighted by molar-refractivity contribution is 9.14. The van der Waals surface area contributed by atoms with E-state index in [0.717, 1.165) is 31.3 Å². The summed E-state index contributed by atoms with van der Waals surface area (Å²) in [6.45, 7) is 0. The molecule has 0 bridgehead atoms. The second-order valence-corrected chi connectivity index (χ2v) is 9.31. The highest BCUT2D eigenvalue weighted by Crippen LogP contribution is 2.47. The Balaban J connectivity index is 2.54. The smallest absolute Gasteiger partial charge is 0.158 e. The molecule has 0 saturated heterocycles. The molecular formula is C12H3Br7O. The van der Waals surface area contributed by atoms with Crippen molar-refractivity contribution in [3.8, 4) is 11.5 Å². The van der Waals surface area contributed by atoms with Crippen LogP contribution in [-0.4, -0.2) is 0 Å². The summed E-state index contributed by atoms with van der Waals surface area (Å²) in [4.78, 5) is 0. The van der Waals surface area contributed by atoms with Crippen molar-refractivity contribution in [3.63, 3.8) is 0 Å². The standard InChI is InChI=1S/C12H3Br7O/c13-4-1-2-7(11(19)8(4)16)20-12-9(17)5(14)3-6(15)10(12)18/h1-3H. The van der Waals surface area contributed by atoms with Crippen molar-refractivity contribution in [2.45, 2.75) is 0 Å². The molecule has 0 aliphatic carbocycles. The van der Waals surface area contributed by atoms with Crippen LogP contribution in [0.3, 0.4) is 0 Å². The molecule has 106 valence electrons. The molecule has 0 aromatic heterocycles. The third-order valence-corrected chi connectivity index (χ3v) is 9.51. The lowest BCUT2D eigenvalue weighted by Gasteiger charge is -2.14. The van der Waals surface area contributed by atoms with Gasteiger partial charge in [0.2, 0.25) is 0 Å². The Kier molecular flexibility index (Phi) is 6.68. The first-order valence-corrected chi connectivity index (χ1v) is 10.5. The maximum absolute atomic E-state index is 6.02. The Labute approximate surface area is 175 Å². The van der Waals surface area contributed by atoms with Crippen molar-refractivity contribution in [1.29, 1.82) is 0 Å². The lowest BCUT2D eigenvalue weighted by atomic mass is 10.3. The van der Waals surface area contributed by atoms with Crippen LogP contribution in [0.15, 0.2) is 49.5 Å². The minimum absolute atomic E-state index is 0.682. The Morgan fingerprint density at radius 3 is 1.70 bits per heavy atom. The van der Waals surface area contributed by atoms with Gasteiger partial charge in [-0.2, -0.15) is 0 Å². The summed E-state index contributed by atoms with van der Waals surface area (Å²) in [5, 5.41) is 0. The number of benzene rings is 2. The zero-order valence-corrected chi connectivity index (χ0v) is 20.4. The van der Waals surface area contributed by atoms with E-state index in [1.807, 2.05) is 18.2 Å². The predicted molar refractivity (Wildman–Crippen MR) is 107 cm³/mol. The summed E-state index contributed by atoms with van der Waals surface area (Å²) in [6.07, 6.45) is 0. The van der Waals surface area contributed by atoms with Crippen LogP contribution >= 0.6 is 112 Å². The van der Waals surface area contributed by atoms with Crippen LogP contribution in [0.25, 0.3) is 0 Å². The summed E-state index contributed by atoms with van der Waals surface area (Å²) in [6, 6.07) is 5.74. The van der Waals surface area contributed by atoms with Gasteiger partial charge in [0.25, 0.3) is 0 Å². The summed E-state index contributed by atoms with van der Waals surface area (Å²) < 4.78 is 12.2. The molecule has 8 heteroatoms. The monoisotopic (exact) mass is 715 g/mol. The average Bonchev–Trinajstić information content (AvgIpc) is 2.41. The minimum atomic E-state index is 0.682. The van der Waals surface area contributed by atoms with Gasteiger partial charge in [0.15, 0.2) is 5.75 Å². The maximum Gasteiger partial charge on any atom is 0.158 e. The van der Waals surface area contributed by atoms with Gasteiger partial charge in [-0.1, -0.05) is 0 Å². The van der Waals surface area contributed by atoms with E-state index in [1.54, 1.807) is 0 Å². The molecule has 0 unspecified atom stereocenters. The van der Waals surface area contributed by atoms with Crippen molar-refractivity contribution < 1.29 is 4.74 Å². The van der Waals surface area contributed by atoms with E-state index in [0.29, 0.717) is 11.5 Å². The van der Waals surface area contributed by atoms with E-state index in [2.05, 4.69) is 112 Å². The first-order chi connectivity index (χ1) is 9.32. The number of halogens is 7. The van der Waals surface area contributed by atoms with Crippen LogP contribution in [0.2, 0.25) is 0 Å². The molecule has 0 aliphatic heterocycles. The van der Waals surface area contributed by atoms with E-state index in [4.69, 9.17) is 4.74 Å². The van der Waals surface area contributed by atoms with E-state index in [-0.39, 0.29) is 0 Å². The van der Waals surface area contributed by atoms with Gasteiger partial charge in [-0.25, -0.2) is 0 Å². The minimum Gasteiger partial charge on any atom is -0.454 e. The molecule has 0 amide bonds. The normalized spacial score (nSPS) is 10.8. The molecule has 0 fully saturated rings. The average molecular weight is 722 g/mol. The lowest BCUT2D eigenvalue weighted by Crippen LogP contribution is -1.91. The third-order valence-electron chi connectivity index (χ3n) is 2.28.